The minimum absolute atomic E-state index is 0.0655. The topological polar surface area (TPSA) is 93.5 Å². The first-order valence-electron chi connectivity index (χ1n) is 12.0. The number of nitrogens with zero attached hydrogens (tertiary/aromatic N) is 3. The van der Waals surface area contributed by atoms with Crippen LogP contribution < -0.4 is 5.32 Å². The molecule has 2 saturated heterocycles. The van der Waals surface area contributed by atoms with E-state index in [1.165, 1.54) is 0 Å². The summed E-state index contributed by atoms with van der Waals surface area (Å²) in [6, 6.07) is 5.06. The Balaban J connectivity index is 1.64. The summed E-state index contributed by atoms with van der Waals surface area (Å²) in [4.78, 5) is 37.5. The van der Waals surface area contributed by atoms with E-state index in [1.807, 2.05) is 13.8 Å². The summed E-state index contributed by atoms with van der Waals surface area (Å²) < 4.78 is 37.6. The van der Waals surface area contributed by atoms with Gasteiger partial charge in [0.1, 0.15) is 5.60 Å². The van der Waals surface area contributed by atoms with Crippen LogP contribution in [0, 0.1) is 0 Å². The molecule has 1 N–H and O–H groups in total. The molecule has 2 aliphatic rings. The number of aromatic nitrogens is 2. The van der Waals surface area contributed by atoms with Crippen molar-refractivity contribution in [1.82, 2.24) is 20.0 Å². The van der Waals surface area contributed by atoms with Crippen LogP contribution in [0.1, 0.15) is 83.0 Å². The van der Waals surface area contributed by atoms with Gasteiger partial charge in [-0.2, -0.15) is 5.10 Å². The number of benzene rings is 1. The highest BCUT2D eigenvalue weighted by Crippen LogP contribution is 2.42. The lowest BCUT2D eigenvalue weighted by atomic mass is 9.85. The van der Waals surface area contributed by atoms with Crippen LogP contribution in [0.5, 0.6) is 0 Å². The summed E-state index contributed by atoms with van der Waals surface area (Å²) >= 11 is 0. The highest BCUT2D eigenvalue weighted by atomic mass is 19.3. The Kier molecular flexibility index (Phi) is 6.36. The van der Waals surface area contributed by atoms with Crippen LogP contribution >= 0.6 is 0 Å². The zero-order valence-corrected chi connectivity index (χ0v) is 20.7. The van der Waals surface area contributed by atoms with Crippen LogP contribution in [0.2, 0.25) is 0 Å². The molecule has 2 aliphatic heterocycles. The number of carbonyl (C=O) groups is 3. The Hall–Kier alpha value is -3.04. The lowest BCUT2D eigenvalue weighted by Gasteiger charge is -2.39. The molecular formula is C25H32F2N4O4. The van der Waals surface area contributed by atoms with E-state index in [4.69, 9.17) is 4.74 Å². The molecule has 3 amide bonds. The van der Waals surface area contributed by atoms with Crippen LogP contribution in [0.3, 0.4) is 0 Å². The van der Waals surface area contributed by atoms with Crippen molar-refractivity contribution < 1.29 is 27.9 Å². The molecule has 0 radical (unpaired) electrons. The maximum atomic E-state index is 15.3. The monoisotopic (exact) mass is 490 g/mol. The van der Waals surface area contributed by atoms with Crippen molar-refractivity contribution >= 4 is 28.8 Å². The smallest absolute Gasteiger partial charge is 0.410 e. The normalized spacial score (nSPS) is 23.0. The number of hydrogen-bond acceptors (Lipinski definition) is 5. The van der Waals surface area contributed by atoms with Crippen LogP contribution in [0.4, 0.5) is 13.6 Å². The van der Waals surface area contributed by atoms with E-state index < -0.39 is 36.0 Å². The highest BCUT2D eigenvalue weighted by Gasteiger charge is 2.47. The number of amides is 3. The third-order valence-corrected chi connectivity index (χ3v) is 6.47. The molecule has 2 aromatic rings. The van der Waals surface area contributed by atoms with Gasteiger partial charge in [0.25, 0.3) is 5.92 Å². The zero-order valence-electron chi connectivity index (χ0n) is 20.7. The lowest BCUT2D eigenvalue weighted by Crippen LogP contribution is -2.50. The van der Waals surface area contributed by atoms with Crippen molar-refractivity contribution in [1.29, 1.82) is 0 Å². The molecule has 2 atom stereocenters. The third kappa shape index (κ3) is 5.01. The number of ether oxygens (including phenoxy) is 1. The molecule has 2 unspecified atom stereocenters. The van der Waals surface area contributed by atoms with E-state index in [-0.39, 0.29) is 37.2 Å². The number of piperidine rings is 2. The number of hydrogen-bond donors (Lipinski definition) is 1. The van der Waals surface area contributed by atoms with Crippen molar-refractivity contribution in [2.75, 3.05) is 13.1 Å². The number of likely N-dealkylation sites (tertiary alicyclic amines) is 1. The van der Waals surface area contributed by atoms with E-state index in [0.29, 0.717) is 28.6 Å². The standard InChI is InChI=1S/C25H32F2N4O4/c1-14(2)31-19-12-15(6-7-16(19)21(29-31)17-8-9-20(32)28-22(17)33)18-10-11-30(13-25(18,26)27)23(34)35-24(3,4)5/h6-7,12,14,17-18H,8-11,13H2,1-5H3,(H,28,32,33). The van der Waals surface area contributed by atoms with Crippen molar-refractivity contribution in [3.8, 4) is 0 Å². The second kappa shape index (κ2) is 8.87. The summed E-state index contributed by atoms with van der Waals surface area (Å²) in [6.07, 6.45) is -0.0592. The predicted octanol–water partition coefficient (Wildman–Crippen LogP) is 4.50. The fourth-order valence-electron chi connectivity index (χ4n) is 4.83. The maximum absolute atomic E-state index is 15.3. The molecule has 0 spiro atoms. The van der Waals surface area contributed by atoms with Gasteiger partial charge >= 0.3 is 6.09 Å². The maximum Gasteiger partial charge on any atom is 0.410 e. The summed E-state index contributed by atoms with van der Waals surface area (Å²) in [5.41, 5.74) is 0.922. The third-order valence-electron chi connectivity index (χ3n) is 6.47. The number of imide groups is 1. The summed E-state index contributed by atoms with van der Waals surface area (Å²) in [5, 5.41) is 7.75. The van der Waals surface area contributed by atoms with Crippen molar-refractivity contribution in [3.63, 3.8) is 0 Å². The minimum Gasteiger partial charge on any atom is -0.444 e. The van der Waals surface area contributed by atoms with Gasteiger partial charge < -0.3 is 9.64 Å². The lowest BCUT2D eigenvalue weighted by molar-refractivity contribution is -0.134. The predicted molar refractivity (Wildman–Crippen MR) is 125 cm³/mol. The van der Waals surface area contributed by atoms with Crippen LogP contribution in [0.15, 0.2) is 18.2 Å². The number of nitrogens with one attached hydrogen (secondary N) is 1. The molecule has 2 fully saturated rings. The van der Waals surface area contributed by atoms with Gasteiger partial charge in [-0.05, 0) is 59.1 Å². The van der Waals surface area contributed by atoms with Crippen LogP contribution in [0.25, 0.3) is 10.9 Å². The first kappa shape index (κ1) is 25.1. The molecule has 3 heterocycles. The van der Waals surface area contributed by atoms with Gasteiger partial charge in [0.05, 0.1) is 29.6 Å². The van der Waals surface area contributed by atoms with Gasteiger partial charge in [0, 0.05) is 24.4 Å². The average molecular weight is 491 g/mol. The van der Waals surface area contributed by atoms with Gasteiger partial charge in [0.2, 0.25) is 11.8 Å². The van der Waals surface area contributed by atoms with Crippen LogP contribution in [-0.4, -0.2) is 57.2 Å². The zero-order chi connectivity index (χ0) is 25.7. The summed E-state index contributed by atoms with van der Waals surface area (Å²) in [7, 11) is 0. The van der Waals surface area contributed by atoms with Crippen molar-refractivity contribution in [2.45, 2.75) is 83.3 Å². The van der Waals surface area contributed by atoms with Crippen molar-refractivity contribution in [2.24, 2.45) is 0 Å². The van der Waals surface area contributed by atoms with Gasteiger partial charge in [-0.3, -0.25) is 19.6 Å². The SMILES string of the molecule is CC(C)n1nc(C2CCC(=O)NC2=O)c2ccc(C3CCN(C(=O)OC(C)(C)C)CC3(F)F)cc21. The number of alkyl halides is 2. The van der Waals surface area contributed by atoms with Crippen LogP contribution in [-0.2, 0) is 14.3 Å². The fourth-order valence-corrected chi connectivity index (χ4v) is 4.83. The molecule has 0 aliphatic carbocycles. The molecule has 0 saturated carbocycles. The van der Waals surface area contributed by atoms with E-state index in [9.17, 15) is 14.4 Å². The van der Waals surface area contributed by atoms with E-state index in [2.05, 4.69) is 10.4 Å². The Morgan fingerprint density at radius 2 is 1.94 bits per heavy atom. The van der Waals surface area contributed by atoms with Gasteiger partial charge in [-0.15, -0.1) is 0 Å². The largest absolute Gasteiger partial charge is 0.444 e. The number of rotatable bonds is 3. The molecule has 190 valence electrons. The molecule has 1 aromatic carbocycles. The summed E-state index contributed by atoms with van der Waals surface area (Å²) in [6.45, 7) is 8.42. The van der Waals surface area contributed by atoms with E-state index in [1.54, 1.807) is 43.7 Å². The molecular weight excluding hydrogens is 458 g/mol. The van der Waals surface area contributed by atoms with Gasteiger partial charge in [0.15, 0.2) is 0 Å². The Morgan fingerprint density at radius 1 is 1.23 bits per heavy atom. The average Bonchev–Trinajstić information content (AvgIpc) is 3.10. The molecule has 8 nitrogen and oxygen atoms in total. The molecule has 4 rings (SSSR count). The van der Waals surface area contributed by atoms with E-state index >= 15 is 8.78 Å². The second-order valence-corrected chi connectivity index (χ2v) is 10.7. The molecule has 10 heteroatoms. The molecule has 35 heavy (non-hydrogen) atoms. The molecule has 0 bridgehead atoms. The quantitative estimate of drug-likeness (QED) is 0.640. The Bertz CT molecular complexity index is 1170. The number of carbonyl (C=O) groups excluding carboxylic acids is 3. The van der Waals surface area contributed by atoms with Gasteiger partial charge in [-0.1, -0.05) is 12.1 Å². The second-order valence-electron chi connectivity index (χ2n) is 10.7. The Morgan fingerprint density at radius 3 is 2.54 bits per heavy atom. The summed E-state index contributed by atoms with van der Waals surface area (Å²) in [5.74, 6) is -5.47. The number of fused-ring (bicyclic) bond motifs is 1. The Labute approximate surface area is 203 Å². The van der Waals surface area contributed by atoms with Crippen molar-refractivity contribution in [3.05, 3.63) is 29.5 Å². The fraction of sp³-hybridized carbons (Fsp3) is 0.600. The minimum atomic E-state index is -3.14. The molecule has 1 aromatic heterocycles. The highest BCUT2D eigenvalue weighted by molar-refractivity contribution is 6.02. The van der Waals surface area contributed by atoms with E-state index in [0.717, 1.165) is 4.90 Å². The first-order valence-corrected chi connectivity index (χ1v) is 12.0. The first-order chi connectivity index (χ1) is 16.3. The number of halogens is 2. The van der Waals surface area contributed by atoms with Gasteiger partial charge in [-0.25, -0.2) is 13.6 Å².